The van der Waals surface area contributed by atoms with E-state index in [0.717, 1.165) is 39.0 Å². The molecule has 2 aliphatic heterocycles. The molecule has 0 spiro atoms. The minimum Gasteiger partial charge on any atom is -0.301 e. The zero-order valence-corrected chi connectivity index (χ0v) is 12.1. The maximum atomic E-state index is 14.9. The molecule has 18 heavy (non-hydrogen) atoms. The summed E-state index contributed by atoms with van der Waals surface area (Å²) in [5, 5.41) is 0. The van der Waals surface area contributed by atoms with Crippen molar-refractivity contribution in [2.75, 3.05) is 32.7 Å². The summed E-state index contributed by atoms with van der Waals surface area (Å²) in [5.74, 6) is 0. The molecule has 0 bridgehead atoms. The summed E-state index contributed by atoms with van der Waals surface area (Å²) < 4.78 is 14.9. The minimum atomic E-state index is -0.921. The van der Waals surface area contributed by atoms with Gasteiger partial charge in [0.25, 0.3) is 0 Å². The first kappa shape index (κ1) is 14.3. The molecule has 106 valence electrons. The Hall–Kier alpha value is -0.150. The largest absolute Gasteiger partial charge is 0.301 e. The third-order valence-corrected chi connectivity index (χ3v) is 4.63. The van der Waals surface area contributed by atoms with Crippen LogP contribution < -0.4 is 0 Å². The van der Waals surface area contributed by atoms with Crippen LogP contribution in [0.15, 0.2) is 0 Å². The Morgan fingerprint density at radius 1 is 0.944 bits per heavy atom. The van der Waals surface area contributed by atoms with Gasteiger partial charge >= 0.3 is 0 Å². The number of piperidine rings is 1. The molecular formula is C15H29FN2. The zero-order chi connectivity index (χ0) is 13.0. The van der Waals surface area contributed by atoms with E-state index in [1.165, 1.54) is 25.7 Å². The standard InChI is InChI=1S/C15H29FN2/c1-14(2)18-11-7-15(16,8-12-18)13-17-9-5-3-4-6-10-17/h14H,3-13H2,1-2H3. The first-order valence-electron chi connectivity index (χ1n) is 7.74. The van der Waals surface area contributed by atoms with Gasteiger partial charge in [-0.3, -0.25) is 0 Å². The number of nitrogens with zero attached hydrogens (tertiary/aromatic N) is 2. The van der Waals surface area contributed by atoms with Crippen molar-refractivity contribution in [3.05, 3.63) is 0 Å². The number of hydrogen-bond acceptors (Lipinski definition) is 2. The Labute approximate surface area is 112 Å². The van der Waals surface area contributed by atoms with Gasteiger partial charge in [-0.2, -0.15) is 0 Å². The monoisotopic (exact) mass is 256 g/mol. The molecule has 0 atom stereocenters. The van der Waals surface area contributed by atoms with Crippen molar-refractivity contribution in [2.45, 2.75) is 64.1 Å². The average molecular weight is 256 g/mol. The van der Waals surface area contributed by atoms with Crippen LogP contribution in [0.1, 0.15) is 52.4 Å². The van der Waals surface area contributed by atoms with E-state index >= 15 is 0 Å². The van der Waals surface area contributed by atoms with Crippen LogP contribution in [0, 0.1) is 0 Å². The van der Waals surface area contributed by atoms with E-state index in [4.69, 9.17) is 0 Å². The molecule has 0 unspecified atom stereocenters. The van der Waals surface area contributed by atoms with E-state index in [9.17, 15) is 4.39 Å². The second kappa shape index (κ2) is 6.33. The fourth-order valence-electron chi connectivity index (χ4n) is 3.29. The van der Waals surface area contributed by atoms with Gasteiger partial charge in [-0.05, 0) is 52.6 Å². The Kier molecular flexibility index (Phi) is 5.02. The van der Waals surface area contributed by atoms with E-state index in [1.54, 1.807) is 0 Å². The van der Waals surface area contributed by atoms with Gasteiger partial charge in [0, 0.05) is 25.7 Å². The van der Waals surface area contributed by atoms with Crippen LogP contribution in [0.25, 0.3) is 0 Å². The summed E-state index contributed by atoms with van der Waals surface area (Å²) in [6.45, 7) is 9.18. The normalized spacial score (nSPS) is 27.3. The summed E-state index contributed by atoms with van der Waals surface area (Å²) in [7, 11) is 0. The van der Waals surface area contributed by atoms with Crippen LogP contribution in [0.2, 0.25) is 0 Å². The Morgan fingerprint density at radius 2 is 1.50 bits per heavy atom. The predicted octanol–water partition coefficient (Wildman–Crippen LogP) is 3.07. The fourth-order valence-corrected chi connectivity index (χ4v) is 3.29. The van der Waals surface area contributed by atoms with Crippen molar-refractivity contribution in [1.82, 2.24) is 9.80 Å². The minimum absolute atomic E-state index is 0.563. The molecule has 0 aliphatic carbocycles. The molecule has 2 saturated heterocycles. The molecule has 2 fully saturated rings. The molecule has 2 aliphatic rings. The van der Waals surface area contributed by atoms with E-state index < -0.39 is 5.67 Å². The first-order chi connectivity index (χ1) is 8.59. The van der Waals surface area contributed by atoms with Gasteiger partial charge < -0.3 is 9.80 Å². The second-order valence-electron chi connectivity index (χ2n) is 6.47. The van der Waals surface area contributed by atoms with E-state index in [2.05, 4.69) is 23.6 Å². The molecule has 0 saturated carbocycles. The number of likely N-dealkylation sites (tertiary alicyclic amines) is 2. The topological polar surface area (TPSA) is 6.48 Å². The molecule has 2 heterocycles. The SMILES string of the molecule is CC(C)N1CCC(F)(CN2CCCCCC2)CC1. The molecule has 0 N–H and O–H groups in total. The second-order valence-corrected chi connectivity index (χ2v) is 6.47. The summed E-state index contributed by atoms with van der Waals surface area (Å²) in [5.41, 5.74) is -0.921. The lowest BCUT2D eigenvalue weighted by atomic mass is 9.92. The molecule has 0 aromatic carbocycles. The summed E-state index contributed by atoms with van der Waals surface area (Å²) in [6, 6.07) is 0.563. The summed E-state index contributed by atoms with van der Waals surface area (Å²) in [4.78, 5) is 4.78. The molecule has 2 nitrogen and oxygen atoms in total. The highest BCUT2D eigenvalue weighted by Crippen LogP contribution is 2.29. The van der Waals surface area contributed by atoms with Crippen LogP contribution in [0.3, 0.4) is 0 Å². The molecule has 3 heteroatoms. The quantitative estimate of drug-likeness (QED) is 0.765. The maximum Gasteiger partial charge on any atom is 0.126 e. The number of alkyl halides is 1. The summed E-state index contributed by atoms with van der Waals surface area (Å²) in [6.07, 6.45) is 6.62. The van der Waals surface area contributed by atoms with Crippen LogP contribution >= 0.6 is 0 Å². The van der Waals surface area contributed by atoms with Crippen LogP contribution in [-0.4, -0.2) is 54.2 Å². The van der Waals surface area contributed by atoms with Crippen molar-refractivity contribution in [2.24, 2.45) is 0 Å². The van der Waals surface area contributed by atoms with Gasteiger partial charge in [0.15, 0.2) is 0 Å². The third-order valence-electron chi connectivity index (χ3n) is 4.63. The van der Waals surface area contributed by atoms with Crippen LogP contribution in [0.5, 0.6) is 0 Å². The molecule has 0 amide bonds. The Bertz CT molecular complexity index is 239. The third kappa shape index (κ3) is 3.92. The smallest absolute Gasteiger partial charge is 0.126 e. The number of hydrogen-bond donors (Lipinski definition) is 0. The molecule has 2 rings (SSSR count). The van der Waals surface area contributed by atoms with Gasteiger partial charge in [-0.15, -0.1) is 0 Å². The predicted molar refractivity (Wildman–Crippen MR) is 74.7 cm³/mol. The highest BCUT2D eigenvalue weighted by Gasteiger charge is 2.36. The number of rotatable bonds is 3. The van der Waals surface area contributed by atoms with Gasteiger partial charge in [0.05, 0.1) is 0 Å². The zero-order valence-electron chi connectivity index (χ0n) is 12.1. The van der Waals surface area contributed by atoms with Crippen molar-refractivity contribution >= 4 is 0 Å². The number of halogens is 1. The van der Waals surface area contributed by atoms with Crippen molar-refractivity contribution in [1.29, 1.82) is 0 Å². The average Bonchev–Trinajstić information content (AvgIpc) is 2.57. The van der Waals surface area contributed by atoms with Gasteiger partial charge in [-0.1, -0.05) is 12.8 Å². The molecule has 0 aromatic heterocycles. The van der Waals surface area contributed by atoms with Crippen LogP contribution in [0.4, 0.5) is 4.39 Å². The van der Waals surface area contributed by atoms with Gasteiger partial charge in [0.2, 0.25) is 0 Å². The van der Waals surface area contributed by atoms with E-state index in [0.29, 0.717) is 12.6 Å². The molecular weight excluding hydrogens is 227 g/mol. The van der Waals surface area contributed by atoms with E-state index in [-0.39, 0.29) is 0 Å². The first-order valence-corrected chi connectivity index (χ1v) is 7.74. The van der Waals surface area contributed by atoms with Crippen molar-refractivity contribution < 1.29 is 4.39 Å². The lowest BCUT2D eigenvalue weighted by Gasteiger charge is -2.40. The highest BCUT2D eigenvalue weighted by atomic mass is 19.1. The Morgan fingerprint density at radius 3 is 2.00 bits per heavy atom. The fraction of sp³-hybridized carbons (Fsp3) is 1.00. The highest BCUT2D eigenvalue weighted by molar-refractivity contribution is 4.90. The molecule has 0 radical (unpaired) electrons. The van der Waals surface area contributed by atoms with Gasteiger partial charge in [0.1, 0.15) is 5.67 Å². The van der Waals surface area contributed by atoms with Crippen molar-refractivity contribution in [3.63, 3.8) is 0 Å². The summed E-state index contributed by atoms with van der Waals surface area (Å²) >= 11 is 0. The van der Waals surface area contributed by atoms with Crippen LogP contribution in [-0.2, 0) is 0 Å². The molecule has 0 aromatic rings. The maximum absolute atomic E-state index is 14.9. The lowest BCUT2D eigenvalue weighted by Crippen LogP contribution is -2.50. The Balaban J connectivity index is 1.81. The lowest BCUT2D eigenvalue weighted by molar-refractivity contribution is 0.0162. The van der Waals surface area contributed by atoms with E-state index in [1.807, 2.05) is 0 Å². The van der Waals surface area contributed by atoms with Gasteiger partial charge in [-0.25, -0.2) is 4.39 Å². The van der Waals surface area contributed by atoms with Crippen molar-refractivity contribution in [3.8, 4) is 0 Å².